The van der Waals surface area contributed by atoms with Gasteiger partial charge in [0.2, 0.25) is 0 Å². The number of nitrogen functional groups attached to an aromatic ring is 1. The van der Waals surface area contributed by atoms with Crippen LogP contribution in [-0.2, 0) is 0 Å². The molecule has 1 heterocycles. The van der Waals surface area contributed by atoms with Crippen molar-refractivity contribution in [2.24, 2.45) is 5.92 Å². The Morgan fingerprint density at radius 1 is 1.03 bits per heavy atom. The van der Waals surface area contributed by atoms with Gasteiger partial charge < -0.3 is 15.8 Å². The predicted molar refractivity (Wildman–Crippen MR) is 117 cm³/mol. The standard InChI is InChI=1S/C24H31N3O2/c25-22-8-4-5-9-23(22)26-24(28)19-10-12-20(13-11-19)29-21-14-15-27(17-21)16-18-6-2-1-3-7-18/h4-5,8-13,18,21H,1-3,6-7,14-17,25H2,(H,26,28)/t21-/m1/s1. The van der Waals surface area contributed by atoms with Crippen LogP contribution in [0.1, 0.15) is 48.9 Å². The zero-order valence-electron chi connectivity index (χ0n) is 17.0. The monoisotopic (exact) mass is 393 g/mol. The number of amides is 1. The first-order valence-corrected chi connectivity index (χ1v) is 10.8. The van der Waals surface area contributed by atoms with E-state index in [-0.39, 0.29) is 12.0 Å². The van der Waals surface area contributed by atoms with Crippen LogP contribution < -0.4 is 15.8 Å². The lowest BCUT2D eigenvalue weighted by Crippen LogP contribution is -2.30. The molecule has 4 rings (SSSR count). The van der Waals surface area contributed by atoms with Crippen molar-refractivity contribution in [3.63, 3.8) is 0 Å². The number of nitrogens with zero attached hydrogens (tertiary/aromatic N) is 1. The summed E-state index contributed by atoms with van der Waals surface area (Å²) in [5.74, 6) is 1.53. The summed E-state index contributed by atoms with van der Waals surface area (Å²) in [4.78, 5) is 15.0. The third-order valence-corrected chi connectivity index (χ3v) is 6.10. The summed E-state index contributed by atoms with van der Waals surface area (Å²) in [5.41, 5.74) is 7.66. The van der Waals surface area contributed by atoms with E-state index in [9.17, 15) is 4.79 Å². The number of hydrogen-bond acceptors (Lipinski definition) is 4. The van der Waals surface area contributed by atoms with E-state index in [0.717, 1.165) is 31.2 Å². The average Bonchev–Trinajstić information content (AvgIpc) is 3.17. The number of carbonyl (C=O) groups excluding carboxylic acids is 1. The SMILES string of the molecule is Nc1ccccc1NC(=O)c1ccc(O[C@@H]2CCN(CC3CCCCC3)C2)cc1. The number of benzene rings is 2. The molecule has 0 aromatic heterocycles. The Hall–Kier alpha value is -2.53. The van der Waals surface area contributed by atoms with E-state index >= 15 is 0 Å². The van der Waals surface area contributed by atoms with Crippen LogP contribution >= 0.6 is 0 Å². The van der Waals surface area contributed by atoms with E-state index in [2.05, 4.69) is 10.2 Å². The molecule has 5 heteroatoms. The maximum atomic E-state index is 12.4. The number of ether oxygens (including phenoxy) is 1. The highest BCUT2D eigenvalue weighted by atomic mass is 16.5. The highest BCUT2D eigenvalue weighted by molar-refractivity contribution is 6.05. The predicted octanol–water partition coefficient (Wildman–Crippen LogP) is 4.55. The first kappa shape index (κ1) is 19.8. The number of anilines is 2. The van der Waals surface area contributed by atoms with E-state index in [1.165, 1.54) is 38.6 Å². The molecular weight excluding hydrogens is 362 g/mol. The van der Waals surface area contributed by atoms with E-state index in [4.69, 9.17) is 10.5 Å². The Morgan fingerprint density at radius 3 is 2.55 bits per heavy atom. The highest BCUT2D eigenvalue weighted by Crippen LogP contribution is 2.27. The van der Waals surface area contributed by atoms with Crippen molar-refractivity contribution >= 4 is 17.3 Å². The first-order valence-electron chi connectivity index (χ1n) is 10.8. The van der Waals surface area contributed by atoms with Gasteiger partial charge in [-0.25, -0.2) is 0 Å². The second-order valence-corrected chi connectivity index (χ2v) is 8.36. The van der Waals surface area contributed by atoms with Crippen LogP contribution in [0.4, 0.5) is 11.4 Å². The van der Waals surface area contributed by atoms with Gasteiger partial charge in [-0.15, -0.1) is 0 Å². The van der Waals surface area contributed by atoms with Gasteiger partial charge in [-0.05, 0) is 61.6 Å². The molecule has 1 aliphatic carbocycles. The van der Waals surface area contributed by atoms with Crippen molar-refractivity contribution in [1.82, 2.24) is 4.90 Å². The number of nitrogens with one attached hydrogen (secondary N) is 1. The zero-order chi connectivity index (χ0) is 20.1. The molecule has 2 aromatic carbocycles. The lowest BCUT2D eigenvalue weighted by molar-refractivity contribution is 0.102. The summed E-state index contributed by atoms with van der Waals surface area (Å²) >= 11 is 0. The minimum atomic E-state index is -0.172. The summed E-state index contributed by atoms with van der Waals surface area (Å²) in [6.45, 7) is 3.35. The van der Waals surface area contributed by atoms with E-state index in [1.54, 1.807) is 24.3 Å². The van der Waals surface area contributed by atoms with Gasteiger partial charge in [0.05, 0.1) is 11.4 Å². The number of carbonyl (C=O) groups is 1. The summed E-state index contributed by atoms with van der Waals surface area (Å²) in [5, 5.41) is 2.85. The molecule has 154 valence electrons. The molecule has 0 unspecified atom stereocenters. The summed E-state index contributed by atoms with van der Waals surface area (Å²) in [7, 11) is 0. The molecule has 2 fully saturated rings. The summed E-state index contributed by atoms with van der Waals surface area (Å²) in [6.07, 6.45) is 8.30. The molecule has 0 radical (unpaired) electrons. The molecule has 1 saturated carbocycles. The second kappa shape index (κ2) is 9.31. The Bertz CT molecular complexity index is 815. The minimum Gasteiger partial charge on any atom is -0.489 e. The smallest absolute Gasteiger partial charge is 0.255 e. The van der Waals surface area contributed by atoms with E-state index in [0.29, 0.717) is 16.9 Å². The lowest BCUT2D eigenvalue weighted by Gasteiger charge is -2.26. The molecule has 5 nitrogen and oxygen atoms in total. The van der Waals surface area contributed by atoms with Crippen LogP contribution in [0.5, 0.6) is 5.75 Å². The fourth-order valence-electron chi connectivity index (χ4n) is 4.48. The summed E-state index contributed by atoms with van der Waals surface area (Å²) in [6, 6.07) is 14.6. The third-order valence-electron chi connectivity index (χ3n) is 6.10. The lowest BCUT2D eigenvalue weighted by atomic mass is 9.89. The summed E-state index contributed by atoms with van der Waals surface area (Å²) < 4.78 is 6.17. The number of hydrogen-bond donors (Lipinski definition) is 2. The topological polar surface area (TPSA) is 67.6 Å². The Morgan fingerprint density at radius 2 is 1.79 bits per heavy atom. The molecule has 29 heavy (non-hydrogen) atoms. The maximum Gasteiger partial charge on any atom is 0.255 e. The molecule has 1 saturated heterocycles. The van der Waals surface area contributed by atoms with Gasteiger partial charge in [0.1, 0.15) is 11.9 Å². The van der Waals surface area contributed by atoms with Gasteiger partial charge >= 0.3 is 0 Å². The van der Waals surface area contributed by atoms with Crippen LogP contribution in [0.3, 0.4) is 0 Å². The van der Waals surface area contributed by atoms with Crippen molar-refractivity contribution in [2.45, 2.75) is 44.6 Å². The highest BCUT2D eigenvalue weighted by Gasteiger charge is 2.26. The van der Waals surface area contributed by atoms with Gasteiger partial charge in [0.25, 0.3) is 5.91 Å². The van der Waals surface area contributed by atoms with Gasteiger partial charge in [-0.3, -0.25) is 9.69 Å². The normalized spacial score (nSPS) is 20.5. The van der Waals surface area contributed by atoms with E-state index in [1.807, 2.05) is 24.3 Å². The molecular formula is C24H31N3O2. The van der Waals surface area contributed by atoms with Crippen molar-refractivity contribution in [3.8, 4) is 5.75 Å². The molecule has 1 aliphatic heterocycles. The van der Waals surface area contributed by atoms with Gasteiger partial charge in [-0.2, -0.15) is 0 Å². The van der Waals surface area contributed by atoms with Crippen LogP contribution in [-0.4, -0.2) is 36.5 Å². The zero-order valence-corrected chi connectivity index (χ0v) is 17.0. The van der Waals surface area contributed by atoms with Gasteiger partial charge in [0.15, 0.2) is 0 Å². The molecule has 0 bridgehead atoms. The van der Waals surface area contributed by atoms with Crippen molar-refractivity contribution in [1.29, 1.82) is 0 Å². The number of nitrogens with two attached hydrogens (primary N) is 1. The molecule has 0 spiro atoms. The Labute approximate surface area is 173 Å². The Kier molecular flexibility index (Phi) is 6.35. The number of para-hydroxylation sites is 2. The first-order chi connectivity index (χ1) is 14.2. The molecule has 1 amide bonds. The van der Waals surface area contributed by atoms with Crippen molar-refractivity contribution < 1.29 is 9.53 Å². The van der Waals surface area contributed by atoms with Crippen LogP contribution in [0.25, 0.3) is 0 Å². The largest absolute Gasteiger partial charge is 0.489 e. The molecule has 2 aromatic rings. The average molecular weight is 394 g/mol. The second-order valence-electron chi connectivity index (χ2n) is 8.36. The number of rotatable bonds is 6. The molecule has 1 atom stereocenters. The fraction of sp³-hybridized carbons (Fsp3) is 0.458. The molecule has 2 aliphatic rings. The quantitative estimate of drug-likeness (QED) is 0.706. The van der Waals surface area contributed by atoms with Crippen LogP contribution in [0.15, 0.2) is 48.5 Å². The minimum absolute atomic E-state index is 0.172. The van der Waals surface area contributed by atoms with Gasteiger partial charge in [-0.1, -0.05) is 31.4 Å². The molecule has 3 N–H and O–H groups in total. The van der Waals surface area contributed by atoms with Gasteiger partial charge in [0, 0.05) is 25.2 Å². The fourth-order valence-corrected chi connectivity index (χ4v) is 4.48. The number of likely N-dealkylation sites (tertiary alicyclic amines) is 1. The van der Waals surface area contributed by atoms with Crippen molar-refractivity contribution in [2.75, 3.05) is 30.7 Å². The maximum absolute atomic E-state index is 12.4. The van der Waals surface area contributed by atoms with Crippen LogP contribution in [0, 0.1) is 5.92 Å². The van der Waals surface area contributed by atoms with Crippen molar-refractivity contribution in [3.05, 3.63) is 54.1 Å². The van der Waals surface area contributed by atoms with Crippen LogP contribution in [0.2, 0.25) is 0 Å². The third kappa shape index (κ3) is 5.30. The Balaban J connectivity index is 1.27. The van der Waals surface area contributed by atoms with E-state index < -0.39 is 0 Å².